The van der Waals surface area contributed by atoms with Gasteiger partial charge in [-0.25, -0.2) is 0 Å². The number of amides is 1. The first-order valence-corrected chi connectivity index (χ1v) is 10.6. The fourth-order valence-corrected chi connectivity index (χ4v) is 4.94. The first-order valence-electron chi connectivity index (χ1n) is 9.43. The summed E-state index contributed by atoms with van der Waals surface area (Å²) in [5.74, 6) is -0.883. The highest BCUT2D eigenvalue weighted by atomic mass is 35.5. The number of rotatable bonds is 4. The lowest BCUT2D eigenvalue weighted by Gasteiger charge is -2.24. The molecule has 1 unspecified atom stereocenters. The number of nitrogens with zero attached hydrogens (tertiary/aromatic N) is 2. The van der Waals surface area contributed by atoms with Gasteiger partial charge in [-0.3, -0.25) is 14.2 Å². The number of primary amides is 1. The number of nitrogens with two attached hydrogens (primary N) is 2. The number of hydrogen-bond donors (Lipinski definition) is 2. The highest BCUT2D eigenvalue weighted by Gasteiger charge is 2.34. The molecule has 4 rings (SSSR count). The largest absolute Gasteiger partial charge is 0.497 e. The average Bonchev–Trinajstić information content (AvgIpc) is 3.10. The Morgan fingerprint density at radius 2 is 1.88 bits per heavy atom. The second kappa shape index (κ2) is 8.38. The zero-order valence-corrected chi connectivity index (χ0v) is 18.4. The minimum absolute atomic E-state index is 0.0249. The first-order chi connectivity index (χ1) is 15.3. The molecule has 0 aliphatic carbocycles. The van der Waals surface area contributed by atoms with Crippen LogP contribution in [0.1, 0.15) is 17.0 Å². The fourth-order valence-electron chi connectivity index (χ4n) is 3.63. The van der Waals surface area contributed by atoms with Crippen LogP contribution in [0, 0.1) is 11.3 Å². The summed E-state index contributed by atoms with van der Waals surface area (Å²) in [7, 11) is 1.57. The molecule has 4 N–H and O–H groups in total. The SMILES string of the molecule is COc1ccc(/C=c2/sc3n(c2=O)C(N)=C(C#N)C(c2ccc(Cl)cc2)C=3C(N)=O)cc1. The minimum atomic E-state index is -0.804. The van der Waals surface area contributed by atoms with Crippen molar-refractivity contribution in [3.63, 3.8) is 0 Å². The molecule has 0 saturated carbocycles. The number of benzene rings is 2. The zero-order chi connectivity index (χ0) is 23.0. The van der Waals surface area contributed by atoms with Crippen LogP contribution in [0.3, 0.4) is 0 Å². The van der Waals surface area contributed by atoms with Crippen LogP contribution in [0.5, 0.6) is 5.75 Å². The summed E-state index contributed by atoms with van der Waals surface area (Å²) in [5.41, 5.74) is 13.2. The van der Waals surface area contributed by atoms with Crippen LogP contribution in [-0.4, -0.2) is 17.6 Å². The number of thiazole rings is 1. The maximum atomic E-state index is 13.2. The lowest BCUT2D eigenvalue weighted by atomic mass is 9.83. The van der Waals surface area contributed by atoms with E-state index in [9.17, 15) is 14.9 Å². The molecule has 0 spiro atoms. The smallest absolute Gasteiger partial charge is 0.274 e. The number of aromatic nitrogens is 1. The Kier molecular flexibility index (Phi) is 5.61. The van der Waals surface area contributed by atoms with Gasteiger partial charge in [-0.05, 0) is 41.5 Å². The highest BCUT2D eigenvalue weighted by molar-refractivity contribution is 7.07. The summed E-state index contributed by atoms with van der Waals surface area (Å²) in [6.07, 6.45) is 1.69. The van der Waals surface area contributed by atoms with Crippen molar-refractivity contribution in [2.45, 2.75) is 5.92 Å². The third-order valence-electron chi connectivity index (χ3n) is 5.15. The molecule has 1 aliphatic rings. The van der Waals surface area contributed by atoms with Gasteiger partial charge in [0, 0.05) is 5.02 Å². The van der Waals surface area contributed by atoms with Gasteiger partial charge < -0.3 is 16.2 Å². The topological polar surface area (TPSA) is 124 Å². The van der Waals surface area contributed by atoms with E-state index < -0.39 is 17.4 Å². The number of fused-ring (bicyclic) bond motifs is 1. The Hall–Kier alpha value is -3.80. The third kappa shape index (κ3) is 3.58. The minimum Gasteiger partial charge on any atom is -0.497 e. The van der Waals surface area contributed by atoms with Gasteiger partial charge in [-0.15, -0.1) is 11.3 Å². The van der Waals surface area contributed by atoms with Crippen LogP contribution in [0.2, 0.25) is 5.02 Å². The standard InChI is InChI=1S/C23H17ClN4O3S/c1-31-15-8-2-12(3-9-15)10-17-22(30)28-20(26)16(11-25)18(13-4-6-14(24)7-5-13)19(21(27)29)23(28)32-17/h2-10,18H,26H2,1H3,(H2,27,29)/b17-10+. The predicted molar refractivity (Wildman–Crippen MR) is 124 cm³/mol. The van der Waals surface area contributed by atoms with Crippen LogP contribution in [0.25, 0.3) is 17.5 Å². The Morgan fingerprint density at radius 1 is 1.22 bits per heavy atom. The van der Waals surface area contributed by atoms with E-state index in [0.29, 0.717) is 25.5 Å². The van der Waals surface area contributed by atoms with Crippen molar-refractivity contribution in [2.24, 2.45) is 11.5 Å². The average molecular weight is 465 g/mol. The van der Waals surface area contributed by atoms with E-state index in [1.807, 2.05) is 0 Å². The van der Waals surface area contributed by atoms with Gasteiger partial charge in [0.1, 0.15) is 16.2 Å². The molecular formula is C23H17ClN4O3S. The molecular weight excluding hydrogens is 448 g/mol. The number of nitriles is 1. The second-order valence-electron chi connectivity index (χ2n) is 7.00. The van der Waals surface area contributed by atoms with Crippen molar-refractivity contribution in [3.05, 3.63) is 89.8 Å². The molecule has 1 aliphatic heterocycles. The molecule has 2 heterocycles. The van der Waals surface area contributed by atoms with Gasteiger partial charge in [-0.2, -0.15) is 5.26 Å². The quantitative estimate of drug-likeness (QED) is 0.605. The van der Waals surface area contributed by atoms with Crippen molar-refractivity contribution in [3.8, 4) is 11.8 Å². The summed E-state index contributed by atoms with van der Waals surface area (Å²) in [5, 5.41) is 10.3. The molecule has 0 fully saturated rings. The van der Waals surface area contributed by atoms with Gasteiger partial charge in [-0.1, -0.05) is 35.9 Å². The first kappa shape index (κ1) is 21.4. The molecule has 7 nitrogen and oxygen atoms in total. The normalized spacial score (nSPS) is 16.0. The van der Waals surface area contributed by atoms with E-state index >= 15 is 0 Å². The molecule has 0 saturated heterocycles. The Balaban J connectivity index is 2.03. The second-order valence-corrected chi connectivity index (χ2v) is 8.47. The summed E-state index contributed by atoms with van der Waals surface area (Å²) >= 11 is 7.09. The number of allylic oxidation sites excluding steroid dienone is 1. The number of methoxy groups -OCH3 is 1. The van der Waals surface area contributed by atoms with Gasteiger partial charge in [0.05, 0.1) is 34.8 Å². The van der Waals surface area contributed by atoms with E-state index in [4.69, 9.17) is 27.8 Å². The van der Waals surface area contributed by atoms with Gasteiger partial charge in [0.25, 0.3) is 5.56 Å². The summed E-state index contributed by atoms with van der Waals surface area (Å²) in [6.45, 7) is 0. The van der Waals surface area contributed by atoms with Crippen LogP contribution in [0.4, 0.5) is 0 Å². The van der Waals surface area contributed by atoms with Crippen LogP contribution < -0.4 is 31.0 Å². The van der Waals surface area contributed by atoms with Gasteiger partial charge >= 0.3 is 0 Å². The van der Waals surface area contributed by atoms with Crippen LogP contribution >= 0.6 is 22.9 Å². The number of carbonyl (C=O) groups excluding carboxylic acids is 1. The Morgan fingerprint density at radius 3 is 2.44 bits per heavy atom. The van der Waals surface area contributed by atoms with Crippen LogP contribution in [0.15, 0.2) is 58.9 Å². The Bertz CT molecular complexity index is 1480. The van der Waals surface area contributed by atoms with Crippen molar-refractivity contribution < 1.29 is 9.53 Å². The van der Waals surface area contributed by atoms with Crippen molar-refractivity contribution in [1.29, 1.82) is 5.26 Å². The third-order valence-corrected chi connectivity index (χ3v) is 6.51. The molecule has 2 aromatic carbocycles. The van der Waals surface area contributed by atoms with E-state index in [-0.39, 0.29) is 17.0 Å². The molecule has 0 radical (unpaired) electrons. The lowest BCUT2D eigenvalue weighted by Crippen LogP contribution is -2.41. The molecule has 9 heteroatoms. The molecule has 1 amide bonds. The maximum Gasteiger partial charge on any atom is 0.274 e. The number of carbonyl (C=O) groups is 1. The predicted octanol–water partition coefficient (Wildman–Crippen LogP) is 1.48. The molecule has 0 bridgehead atoms. The van der Waals surface area contributed by atoms with E-state index in [0.717, 1.165) is 16.9 Å². The monoisotopic (exact) mass is 464 g/mol. The zero-order valence-electron chi connectivity index (χ0n) is 16.8. The highest BCUT2D eigenvalue weighted by Crippen LogP contribution is 2.36. The van der Waals surface area contributed by atoms with Crippen molar-refractivity contribution in [1.82, 2.24) is 4.57 Å². The van der Waals surface area contributed by atoms with Crippen molar-refractivity contribution in [2.75, 3.05) is 7.11 Å². The van der Waals surface area contributed by atoms with E-state index in [1.165, 1.54) is 4.57 Å². The number of hydrogen-bond acceptors (Lipinski definition) is 6. The molecule has 160 valence electrons. The summed E-state index contributed by atoms with van der Waals surface area (Å²) in [6, 6.07) is 15.9. The number of halogens is 1. The summed E-state index contributed by atoms with van der Waals surface area (Å²) in [4.78, 5) is 25.7. The Labute approximate surface area is 191 Å². The summed E-state index contributed by atoms with van der Waals surface area (Å²) < 4.78 is 6.99. The van der Waals surface area contributed by atoms with E-state index in [1.54, 1.807) is 61.7 Å². The lowest BCUT2D eigenvalue weighted by molar-refractivity contribution is -0.113. The fraction of sp³-hybridized carbons (Fsp3) is 0.0870. The molecule has 1 atom stereocenters. The van der Waals surface area contributed by atoms with Crippen molar-refractivity contribution >= 4 is 46.3 Å². The molecule has 3 aromatic rings. The maximum absolute atomic E-state index is 13.2. The molecule has 32 heavy (non-hydrogen) atoms. The van der Waals surface area contributed by atoms with Gasteiger partial charge in [0.2, 0.25) is 5.91 Å². The molecule has 1 aromatic heterocycles. The van der Waals surface area contributed by atoms with Gasteiger partial charge in [0.15, 0.2) is 0 Å². The van der Waals surface area contributed by atoms with E-state index in [2.05, 4.69) is 6.07 Å². The number of ether oxygens (including phenoxy) is 1. The van der Waals surface area contributed by atoms with Crippen LogP contribution in [-0.2, 0) is 4.79 Å².